The molecule has 1 heterocycles. The topological polar surface area (TPSA) is 30.7 Å². The first-order chi connectivity index (χ1) is 8.76. The SMILES string of the molecule is C=CCC(C=C)c1nc(-c2ccccc2)n(C)n1. The third kappa shape index (κ3) is 2.40. The van der Waals surface area contributed by atoms with E-state index in [0.29, 0.717) is 0 Å². The fraction of sp³-hybridized carbons (Fsp3) is 0.200. The van der Waals surface area contributed by atoms with E-state index in [1.165, 1.54) is 0 Å². The predicted molar refractivity (Wildman–Crippen MR) is 74.2 cm³/mol. The van der Waals surface area contributed by atoms with Gasteiger partial charge in [-0.2, -0.15) is 5.10 Å². The molecular weight excluding hydrogens is 222 g/mol. The molecule has 0 amide bonds. The molecule has 1 aromatic heterocycles. The molecule has 0 saturated carbocycles. The number of allylic oxidation sites excluding steroid dienone is 2. The van der Waals surface area contributed by atoms with E-state index in [0.717, 1.165) is 23.6 Å². The molecule has 0 aliphatic carbocycles. The van der Waals surface area contributed by atoms with Crippen LogP contribution in [0.5, 0.6) is 0 Å². The first-order valence-electron chi connectivity index (χ1n) is 5.96. The Bertz CT molecular complexity index is 540. The van der Waals surface area contributed by atoms with Crippen LogP contribution in [0.3, 0.4) is 0 Å². The normalized spacial score (nSPS) is 12.1. The molecule has 0 fully saturated rings. The molecule has 3 heteroatoms. The van der Waals surface area contributed by atoms with Gasteiger partial charge in [-0.3, -0.25) is 0 Å². The summed E-state index contributed by atoms with van der Waals surface area (Å²) in [4.78, 5) is 4.60. The highest BCUT2D eigenvalue weighted by atomic mass is 15.3. The van der Waals surface area contributed by atoms with Crippen LogP contribution in [0, 0.1) is 0 Å². The number of hydrogen-bond acceptors (Lipinski definition) is 2. The van der Waals surface area contributed by atoms with E-state index in [4.69, 9.17) is 0 Å². The molecule has 0 radical (unpaired) electrons. The number of hydrogen-bond donors (Lipinski definition) is 0. The fourth-order valence-electron chi connectivity index (χ4n) is 1.89. The Morgan fingerprint density at radius 2 is 2.00 bits per heavy atom. The first kappa shape index (κ1) is 12.3. The molecule has 0 saturated heterocycles. The molecule has 2 aromatic rings. The molecular formula is C15H17N3. The third-order valence-corrected chi connectivity index (χ3v) is 2.85. The van der Waals surface area contributed by atoms with E-state index in [1.54, 1.807) is 0 Å². The molecule has 92 valence electrons. The molecule has 0 bridgehead atoms. The average Bonchev–Trinajstić information content (AvgIpc) is 2.79. The summed E-state index contributed by atoms with van der Waals surface area (Å²) in [5, 5.41) is 4.46. The van der Waals surface area contributed by atoms with Gasteiger partial charge in [0.1, 0.15) is 0 Å². The van der Waals surface area contributed by atoms with E-state index >= 15 is 0 Å². The number of nitrogens with zero attached hydrogens (tertiary/aromatic N) is 3. The van der Waals surface area contributed by atoms with Gasteiger partial charge in [0.2, 0.25) is 0 Å². The summed E-state index contributed by atoms with van der Waals surface area (Å²) < 4.78 is 1.81. The highest BCUT2D eigenvalue weighted by molar-refractivity contribution is 5.54. The van der Waals surface area contributed by atoms with Crippen LogP contribution in [0.2, 0.25) is 0 Å². The molecule has 0 N–H and O–H groups in total. The lowest BCUT2D eigenvalue weighted by Gasteiger charge is -2.02. The molecule has 1 unspecified atom stereocenters. The summed E-state index contributed by atoms with van der Waals surface area (Å²) in [6.07, 6.45) is 4.54. The average molecular weight is 239 g/mol. The van der Waals surface area contributed by atoms with Crippen molar-refractivity contribution in [3.8, 4) is 11.4 Å². The summed E-state index contributed by atoms with van der Waals surface area (Å²) in [6.45, 7) is 7.58. The van der Waals surface area contributed by atoms with Crippen LogP contribution in [-0.4, -0.2) is 14.8 Å². The van der Waals surface area contributed by atoms with Gasteiger partial charge in [0.05, 0.1) is 0 Å². The maximum absolute atomic E-state index is 4.60. The van der Waals surface area contributed by atoms with Gasteiger partial charge in [-0.05, 0) is 6.42 Å². The minimum Gasteiger partial charge on any atom is -0.249 e. The zero-order chi connectivity index (χ0) is 13.0. The van der Waals surface area contributed by atoms with Crippen molar-refractivity contribution in [1.82, 2.24) is 14.8 Å². The van der Waals surface area contributed by atoms with Gasteiger partial charge in [-0.25, -0.2) is 9.67 Å². The molecule has 3 nitrogen and oxygen atoms in total. The van der Waals surface area contributed by atoms with E-state index < -0.39 is 0 Å². The Morgan fingerprint density at radius 1 is 1.28 bits per heavy atom. The standard InChI is InChI=1S/C15H17N3/c1-4-9-12(5-2)14-16-15(18(3)17-14)13-10-7-6-8-11-13/h4-8,10-12H,1-2,9H2,3H3. The van der Waals surface area contributed by atoms with Gasteiger partial charge in [-0.15, -0.1) is 13.2 Å². The molecule has 0 aliphatic rings. The van der Waals surface area contributed by atoms with Crippen LogP contribution in [0.25, 0.3) is 11.4 Å². The summed E-state index contributed by atoms with van der Waals surface area (Å²) in [6, 6.07) is 10.1. The van der Waals surface area contributed by atoms with Crippen molar-refractivity contribution in [3.63, 3.8) is 0 Å². The van der Waals surface area contributed by atoms with Crippen molar-refractivity contribution in [2.45, 2.75) is 12.3 Å². The number of rotatable bonds is 5. The van der Waals surface area contributed by atoms with Crippen molar-refractivity contribution in [1.29, 1.82) is 0 Å². The van der Waals surface area contributed by atoms with Crippen molar-refractivity contribution in [3.05, 3.63) is 61.5 Å². The van der Waals surface area contributed by atoms with Crippen LogP contribution in [0.4, 0.5) is 0 Å². The Hall–Kier alpha value is -2.16. The van der Waals surface area contributed by atoms with Gasteiger partial charge in [0.15, 0.2) is 11.6 Å². The Balaban J connectivity index is 2.38. The molecule has 0 spiro atoms. The zero-order valence-electron chi connectivity index (χ0n) is 10.6. The second kappa shape index (κ2) is 5.45. The lowest BCUT2D eigenvalue weighted by molar-refractivity contribution is 0.716. The first-order valence-corrected chi connectivity index (χ1v) is 5.96. The predicted octanol–water partition coefficient (Wildman–Crippen LogP) is 3.33. The second-order valence-electron chi connectivity index (χ2n) is 4.15. The molecule has 18 heavy (non-hydrogen) atoms. The van der Waals surface area contributed by atoms with E-state index in [9.17, 15) is 0 Å². The Labute approximate surface area is 107 Å². The highest BCUT2D eigenvalue weighted by Crippen LogP contribution is 2.22. The molecule has 2 rings (SSSR count). The van der Waals surface area contributed by atoms with Crippen molar-refractivity contribution in [2.75, 3.05) is 0 Å². The lowest BCUT2D eigenvalue weighted by atomic mass is 10.1. The third-order valence-electron chi connectivity index (χ3n) is 2.85. The summed E-state index contributed by atoms with van der Waals surface area (Å²) >= 11 is 0. The monoisotopic (exact) mass is 239 g/mol. The van der Waals surface area contributed by atoms with Gasteiger partial charge in [-0.1, -0.05) is 42.5 Å². The molecule has 1 atom stereocenters. The van der Waals surface area contributed by atoms with Crippen LogP contribution in [-0.2, 0) is 7.05 Å². The maximum atomic E-state index is 4.60. The lowest BCUT2D eigenvalue weighted by Crippen LogP contribution is -1.98. The zero-order valence-corrected chi connectivity index (χ0v) is 10.6. The Morgan fingerprint density at radius 3 is 2.61 bits per heavy atom. The van der Waals surface area contributed by atoms with Crippen molar-refractivity contribution < 1.29 is 0 Å². The van der Waals surface area contributed by atoms with Crippen LogP contribution in [0.15, 0.2) is 55.6 Å². The number of aromatic nitrogens is 3. The van der Waals surface area contributed by atoms with Gasteiger partial charge in [0.25, 0.3) is 0 Å². The maximum Gasteiger partial charge on any atom is 0.158 e. The number of benzene rings is 1. The minimum absolute atomic E-state index is 0.131. The minimum atomic E-state index is 0.131. The largest absolute Gasteiger partial charge is 0.249 e. The van der Waals surface area contributed by atoms with Gasteiger partial charge in [0, 0.05) is 18.5 Å². The number of aryl methyl sites for hydroxylation is 1. The van der Waals surface area contributed by atoms with E-state index in [-0.39, 0.29) is 5.92 Å². The summed E-state index contributed by atoms with van der Waals surface area (Å²) in [5.74, 6) is 1.80. The molecule has 1 aromatic carbocycles. The van der Waals surface area contributed by atoms with Crippen molar-refractivity contribution in [2.24, 2.45) is 7.05 Å². The van der Waals surface area contributed by atoms with Crippen molar-refractivity contribution >= 4 is 0 Å². The highest BCUT2D eigenvalue weighted by Gasteiger charge is 2.15. The van der Waals surface area contributed by atoms with E-state index in [1.807, 2.05) is 54.2 Å². The quantitative estimate of drug-likeness (QED) is 0.749. The Kier molecular flexibility index (Phi) is 3.72. The van der Waals surface area contributed by atoms with Gasteiger partial charge >= 0.3 is 0 Å². The fourth-order valence-corrected chi connectivity index (χ4v) is 1.89. The smallest absolute Gasteiger partial charge is 0.158 e. The summed E-state index contributed by atoms with van der Waals surface area (Å²) in [5.41, 5.74) is 1.07. The van der Waals surface area contributed by atoms with Crippen LogP contribution >= 0.6 is 0 Å². The van der Waals surface area contributed by atoms with Crippen LogP contribution in [0.1, 0.15) is 18.2 Å². The summed E-state index contributed by atoms with van der Waals surface area (Å²) in [7, 11) is 1.91. The molecule has 0 aliphatic heterocycles. The second-order valence-corrected chi connectivity index (χ2v) is 4.15. The van der Waals surface area contributed by atoms with E-state index in [2.05, 4.69) is 23.2 Å². The van der Waals surface area contributed by atoms with Gasteiger partial charge < -0.3 is 0 Å². The van der Waals surface area contributed by atoms with Crippen LogP contribution < -0.4 is 0 Å².